The van der Waals surface area contributed by atoms with Crippen LogP contribution in [-0.4, -0.2) is 65.1 Å². The van der Waals surface area contributed by atoms with E-state index < -0.39 is 23.5 Å². The number of thioether (sulfide) groups is 2. The fourth-order valence-corrected chi connectivity index (χ4v) is 10.8. The highest BCUT2D eigenvalue weighted by Crippen LogP contribution is 2.42. The SMILES string of the molecule is O=C(CCCCCN1C(=O)/C(=C2\SC(=S)N(CCCCCC(=O)Nc3ncc(Cc4cccc(C(F)(F)F)c4)s3)C2=O)SC1=S)Nc1ncc(Cc2cccc(C(F)(F)F)c2)s1. The van der Waals surface area contributed by atoms with Gasteiger partial charge in [-0.05, 0) is 48.9 Å². The maximum Gasteiger partial charge on any atom is 0.416 e. The number of hydrogen-bond acceptors (Lipinski definition) is 12. The Hall–Kier alpha value is -4.22. The van der Waals surface area contributed by atoms with Crippen LogP contribution in [0.25, 0.3) is 0 Å². The number of rotatable bonds is 18. The van der Waals surface area contributed by atoms with Crippen molar-refractivity contribution in [3.8, 4) is 0 Å². The Balaban J connectivity index is 0.867. The molecular weight excluding hydrogens is 935 g/mol. The molecule has 4 aromatic rings. The molecular formula is C40H36F6N6O4S6. The van der Waals surface area contributed by atoms with E-state index in [1.54, 1.807) is 12.1 Å². The van der Waals surface area contributed by atoms with Gasteiger partial charge in [-0.2, -0.15) is 26.3 Å². The summed E-state index contributed by atoms with van der Waals surface area (Å²) in [7, 11) is 0. The van der Waals surface area contributed by atoms with Crippen LogP contribution in [0.3, 0.4) is 0 Å². The van der Waals surface area contributed by atoms with E-state index in [9.17, 15) is 45.5 Å². The molecule has 328 valence electrons. The number of nitrogens with one attached hydrogen (secondary N) is 2. The summed E-state index contributed by atoms with van der Waals surface area (Å²) in [6.45, 7) is 0.608. The second-order valence-corrected chi connectivity index (χ2v) is 19.6. The Bertz CT molecular complexity index is 2220. The maximum atomic E-state index is 13.4. The van der Waals surface area contributed by atoms with Crippen LogP contribution in [0, 0.1) is 0 Å². The zero-order valence-corrected chi connectivity index (χ0v) is 37.3. The number of alkyl halides is 6. The van der Waals surface area contributed by atoms with Crippen molar-refractivity contribution in [3.05, 3.63) is 103 Å². The number of thiazole rings is 2. The zero-order valence-electron chi connectivity index (χ0n) is 32.4. The highest BCUT2D eigenvalue weighted by molar-refractivity contribution is 8.29. The minimum absolute atomic E-state index is 0.196. The second-order valence-electron chi connectivity index (χ2n) is 14.0. The molecule has 10 nitrogen and oxygen atoms in total. The summed E-state index contributed by atoms with van der Waals surface area (Å²) < 4.78 is 79.0. The molecule has 22 heteroatoms. The van der Waals surface area contributed by atoms with Crippen LogP contribution >= 0.6 is 70.6 Å². The van der Waals surface area contributed by atoms with Gasteiger partial charge in [-0.25, -0.2) is 9.97 Å². The Labute approximate surface area is 379 Å². The first-order chi connectivity index (χ1) is 29.4. The third-order valence-corrected chi connectivity index (χ3v) is 14.2. The highest BCUT2D eigenvalue weighted by atomic mass is 32.2. The smallest absolute Gasteiger partial charge is 0.302 e. The molecule has 0 atom stereocenters. The Morgan fingerprint density at radius 3 is 1.40 bits per heavy atom. The molecule has 2 aromatic carbocycles. The Morgan fingerprint density at radius 1 is 0.613 bits per heavy atom. The lowest BCUT2D eigenvalue weighted by Gasteiger charge is -2.14. The lowest BCUT2D eigenvalue weighted by molar-refractivity contribution is -0.138. The third kappa shape index (κ3) is 12.9. The molecule has 4 heterocycles. The molecule has 0 aliphatic carbocycles. The van der Waals surface area contributed by atoms with Crippen molar-refractivity contribution in [2.45, 2.75) is 76.6 Å². The number of unbranched alkanes of at least 4 members (excludes halogenated alkanes) is 4. The number of amides is 4. The first-order valence-corrected chi connectivity index (χ1v) is 23.2. The number of aromatic nitrogens is 2. The highest BCUT2D eigenvalue weighted by Gasteiger charge is 2.41. The summed E-state index contributed by atoms with van der Waals surface area (Å²) in [5.74, 6) is -1.28. The van der Waals surface area contributed by atoms with Gasteiger partial charge in [-0.15, -0.1) is 22.7 Å². The normalized spacial score (nSPS) is 15.9. The predicted molar refractivity (Wildman–Crippen MR) is 238 cm³/mol. The van der Waals surface area contributed by atoms with Crippen molar-refractivity contribution < 1.29 is 45.5 Å². The van der Waals surface area contributed by atoms with Gasteiger partial charge in [0.25, 0.3) is 11.8 Å². The van der Waals surface area contributed by atoms with E-state index in [0.717, 1.165) is 47.8 Å². The molecule has 2 fully saturated rings. The molecule has 2 N–H and O–H groups in total. The van der Waals surface area contributed by atoms with Gasteiger partial charge in [0.15, 0.2) is 10.3 Å². The molecule has 0 spiro atoms. The molecule has 62 heavy (non-hydrogen) atoms. The molecule has 2 saturated heterocycles. The minimum atomic E-state index is -4.44. The molecule has 2 aromatic heterocycles. The fraction of sp³-hybridized carbons (Fsp3) is 0.350. The van der Waals surface area contributed by atoms with Crippen LogP contribution in [0.15, 0.2) is 70.7 Å². The summed E-state index contributed by atoms with van der Waals surface area (Å²) in [6, 6.07) is 10.1. The topological polar surface area (TPSA) is 125 Å². The summed E-state index contributed by atoms with van der Waals surface area (Å²) in [5, 5.41) is 6.15. The van der Waals surface area contributed by atoms with E-state index in [0.29, 0.717) is 91.4 Å². The fourth-order valence-electron chi connectivity index (χ4n) is 6.30. The van der Waals surface area contributed by atoms with Crippen LogP contribution in [0.2, 0.25) is 0 Å². The summed E-state index contributed by atoms with van der Waals surface area (Å²) >= 11 is 15.4. The average molecular weight is 971 g/mol. The van der Waals surface area contributed by atoms with E-state index >= 15 is 0 Å². The van der Waals surface area contributed by atoms with Crippen LogP contribution in [-0.2, 0) is 44.4 Å². The van der Waals surface area contributed by atoms with Crippen molar-refractivity contribution in [1.82, 2.24) is 19.8 Å². The van der Waals surface area contributed by atoms with E-state index in [1.807, 2.05) is 0 Å². The van der Waals surface area contributed by atoms with E-state index in [4.69, 9.17) is 24.4 Å². The molecule has 0 unspecified atom stereocenters. The van der Waals surface area contributed by atoms with Gasteiger partial charge >= 0.3 is 12.4 Å². The van der Waals surface area contributed by atoms with E-state index in [2.05, 4.69) is 20.6 Å². The average Bonchev–Trinajstić information content (AvgIpc) is 3.98. The summed E-state index contributed by atoms with van der Waals surface area (Å²) in [4.78, 5) is 64.9. The summed E-state index contributed by atoms with van der Waals surface area (Å²) in [6.07, 6.45) is -1.57. The van der Waals surface area contributed by atoms with Gasteiger partial charge in [0.1, 0.15) is 8.64 Å². The number of thiocarbonyl (C=S) groups is 2. The van der Waals surface area contributed by atoms with Crippen LogP contribution < -0.4 is 10.6 Å². The number of halogens is 6. The van der Waals surface area contributed by atoms with E-state index in [-0.39, 0.29) is 59.1 Å². The number of hydrogen-bond donors (Lipinski definition) is 2. The quantitative estimate of drug-likeness (QED) is 0.0431. The third-order valence-electron chi connectivity index (χ3n) is 9.34. The molecule has 0 bridgehead atoms. The van der Waals surface area contributed by atoms with Crippen molar-refractivity contribution >= 4 is 113 Å². The van der Waals surface area contributed by atoms with Crippen LogP contribution in [0.4, 0.5) is 36.6 Å². The first-order valence-electron chi connectivity index (χ1n) is 19.1. The predicted octanol–water partition coefficient (Wildman–Crippen LogP) is 10.4. The van der Waals surface area contributed by atoms with Gasteiger partial charge in [0.2, 0.25) is 11.8 Å². The van der Waals surface area contributed by atoms with Gasteiger partial charge in [0, 0.05) is 60.9 Å². The minimum Gasteiger partial charge on any atom is -0.302 e. The standard InChI is InChI=1S/C40H36F6N6O4S6/c41-39(42,43)25-11-7-9-23(17-25)19-27-21-47-35(59-27)49-29(53)13-3-1-5-15-51-33(55)31(61-37(51)57)32-34(56)52(38(58)62-32)16-6-2-4-14-30(54)50-36-48-22-28(60-36)20-24-10-8-12-26(18-24)40(44,45)46/h7-12,17-18,21-22H,1-6,13-16,19-20H2,(H,47,49,53)(H,48,50,54)/b32-31+. The lowest BCUT2D eigenvalue weighted by atomic mass is 10.1. The molecule has 0 radical (unpaired) electrons. The summed E-state index contributed by atoms with van der Waals surface area (Å²) in [5.41, 5.74) is -0.491. The van der Waals surface area contributed by atoms with Gasteiger partial charge in [-0.1, -0.05) is 97.2 Å². The zero-order chi connectivity index (χ0) is 44.6. The van der Waals surface area contributed by atoms with Crippen molar-refractivity contribution in [1.29, 1.82) is 0 Å². The first kappa shape index (κ1) is 47.3. The number of nitrogens with zero attached hydrogens (tertiary/aromatic N) is 4. The largest absolute Gasteiger partial charge is 0.416 e. The molecule has 6 rings (SSSR count). The number of benzene rings is 2. The maximum absolute atomic E-state index is 13.4. The van der Waals surface area contributed by atoms with Gasteiger partial charge in [-0.3, -0.25) is 29.0 Å². The van der Waals surface area contributed by atoms with Crippen molar-refractivity contribution in [3.63, 3.8) is 0 Å². The van der Waals surface area contributed by atoms with Crippen LogP contribution in [0.1, 0.15) is 83.4 Å². The lowest BCUT2D eigenvalue weighted by Crippen LogP contribution is -2.31. The molecule has 0 saturated carbocycles. The van der Waals surface area contributed by atoms with Crippen LogP contribution in [0.5, 0.6) is 0 Å². The second kappa shape index (κ2) is 21.0. The van der Waals surface area contributed by atoms with Crippen molar-refractivity contribution in [2.75, 3.05) is 23.7 Å². The molecule has 2 aliphatic rings. The number of anilines is 2. The van der Waals surface area contributed by atoms with E-state index in [1.165, 1.54) is 57.0 Å². The van der Waals surface area contributed by atoms with Gasteiger partial charge in [0.05, 0.1) is 20.9 Å². The Kier molecular flexibility index (Phi) is 16.0. The molecule has 4 amide bonds. The van der Waals surface area contributed by atoms with Crippen molar-refractivity contribution in [2.24, 2.45) is 0 Å². The molecule has 2 aliphatic heterocycles. The number of carbonyl (C=O) groups is 4. The van der Waals surface area contributed by atoms with Gasteiger partial charge < -0.3 is 10.6 Å². The monoisotopic (exact) mass is 970 g/mol. The number of carbonyl (C=O) groups excluding carboxylic acids is 4. The Morgan fingerprint density at radius 2 is 1.02 bits per heavy atom.